The maximum atomic E-state index is 6.40. The Hall–Kier alpha value is -1.80. The lowest BCUT2D eigenvalue weighted by atomic mass is 9.99. The van der Waals surface area contributed by atoms with Crippen LogP contribution in [-0.2, 0) is 6.42 Å². The number of hydrogen-bond acceptors (Lipinski definition) is 2. The van der Waals surface area contributed by atoms with Crippen LogP contribution in [0.3, 0.4) is 0 Å². The molecule has 1 aliphatic heterocycles. The van der Waals surface area contributed by atoms with Crippen LogP contribution in [0, 0.1) is 13.8 Å². The van der Waals surface area contributed by atoms with Crippen molar-refractivity contribution in [3.05, 3.63) is 64.7 Å². The van der Waals surface area contributed by atoms with E-state index < -0.39 is 0 Å². The molecule has 2 aromatic rings. The minimum atomic E-state index is 0.122. The van der Waals surface area contributed by atoms with E-state index in [4.69, 9.17) is 5.73 Å². The van der Waals surface area contributed by atoms with E-state index in [2.05, 4.69) is 61.2 Å². The molecule has 0 saturated carbocycles. The predicted molar refractivity (Wildman–Crippen MR) is 89.8 cm³/mol. The first-order valence-corrected chi connectivity index (χ1v) is 7.80. The number of nitrogens with two attached hydrogens (primary N) is 1. The molecule has 1 atom stereocenters. The average molecular weight is 280 g/mol. The first kappa shape index (κ1) is 14.2. The Morgan fingerprint density at radius 2 is 1.81 bits per heavy atom. The highest BCUT2D eigenvalue weighted by Gasteiger charge is 2.19. The third kappa shape index (κ3) is 3.11. The van der Waals surface area contributed by atoms with Gasteiger partial charge in [0, 0.05) is 24.8 Å². The molecule has 1 aliphatic rings. The summed E-state index contributed by atoms with van der Waals surface area (Å²) in [6.45, 7) is 6.43. The number of benzene rings is 2. The molecule has 2 heteroatoms. The van der Waals surface area contributed by atoms with Gasteiger partial charge in [-0.15, -0.1) is 0 Å². The third-order valence-electron chi connectivity index (χ3n) is 4.37. The minimum absolute atomic E-state index is 0.122. The molecule has 0 aliphatic carbocycles. The quantitative estimate of drug-likeness (QED) is 0.924. The summed E-state index contributed by atoms with van der Waals surface area (Å²) in [6.07, 6.45) is 2.16. The van der Waals surface area contributed by atoms with Gasteiger partial charge in [0.1, 0.15) is 0 Å². The lowest BCUT2D eigenvalue weighted by Gasteiger charge is -2.22. The highest BCUT2D eigenvalue weighted by atomic mass is 15.1. The predicted octanol–water partition coefficient (Wildman–Crippen LogP) is 3.76. The molecular weight excluding hydrogens is 256 g/mol. The Morgan fingerprint density at radius 3 is 2.57 bits per heavy atom. The summed E-state index contributed by atoms with van der Waals surface area (Å²) in [5.74, 6) is 0. The lowest BCUT2D eigenvalue weighted by Crippen LogP contribution is -2.25. The monoisotopic (exact) mass is 280 g/mol. The van der Waals surface area contributed by atoms with Gasteiger partial charge in [-0.25, -0.2) is 0 Å². The summed E-state index contributed by atoms with van der Waals surface area (Å²) >= 11 is 0. The SMILES string of the molecule is Cc1cc(C)cc(C(N)CCN2CCc3ccccc32)c1. The van der Waals surface area contributed by atoms with Gasteiger partial charge in [0.25, 0.3) is 0 Å². The molecule has 1 heterocycles. The van der Waals surface area contributed by atoms with Crippen molar-refractivity contribution >= 4 is 5.69 Å². The van der Waals surface area contributed by atoms with Gasteiger partial charge in [-0.3, -0.25) is 0 Å². The molecule has 3 rings (SSSR count). The van der Waals surface area contributed by atoms with Crippen LogP contribution in [0.25, 0.3) is 0 Å². The highest BCUT2D eigenvalue weighted by Crippen LogP contribution is 2.28. The van der Waals surface area contributed by atoms with Crippen molar-refractivity contribution in [1.29, 1.82) is 0 Å². The molecule has 0 aromatic heterocycles. The first-order chi connectivity index (χ1) is 10.1. The van der Waals surface area contributed by atoms with Crippen LogP contribution >= 0.6 is 0 Å². The molecule has 0 saturated heterocycles. The number of aryl methyl sites for hydroxylation is 2. The molecule has 0 spiro atoms. The van der Waals surface area contributed by atoms with E-state index in [0.29, 0.717) is 0 Å². The molecule has 0 bridgehead atoms. The number of hydrogen-bond donors (Lipinski definition) is 1. The topological polar surface area (TPSA) is 29.3 Å². The largest absolute Gasteiger partial charge is 0.371 e. The van der Waals surface area contributed by atoms with Crippen molar-refractivity contribution in [2.75, 3.05) is 18.0 Å². The van der Waals surface area contributed by atoms with Gasteiger partial charge >= 0.3 is 0 Å². The zero-order chi connectivity index (χ0) is 14.8. The second kappa shape index (κ2) is 5.90. The fourth-order valence-electron chi connectivity index (χ4n) is 3.32. The Bertz CT molecular complexity index is 613. The molecule has 2 aromatic carbocycles. The van der Waals surface area contributed by atoms with Crippen LogP contribution in [0.4, 0.5) is 5.69 Å². The molecular formula is C19H24N2. The average Bonchev–Trinajstić information content (AvgIpc) is 2.87. The minimum Gasteiger partial charge on any atom is -0.371 e. The molecule has 1 unspecified atom stereocenters. The van der Waals surface area contributed by atoms with Crippen molar-refractivity contribution in [2.45, 2.75) is 32.7 Å². The van der Waals surface area contributed by atoms with E-state index in [9.17, 15) is 0 Å². The van der Waals surface area contributed by atoms with Crippen molar-refractivity contribution in [3.63, 3.8) is 0 Å². The van der Waals surface area contributed by atoms with E-state index in [1.54, 1.807) is 0 Å². The number of nitrogens with zero attached hydrogens (tertiary/aromatic N) is 1. The van der Waals surface area contributed by atoms with Crippen LogP contribution in [0.5, 0.6) is 0 Å². The Labute approximate surface area is 127 Å². The smallest absolute Gasteiger partial charge is 0.0399 e. The van der Waals surface area contributed by atoms with Crippen LogP contribution < -0.4 is 10.6 Å². The number of anilines is 1. The summed E-state index contributed by atoms with van der Waals surface area (Å²) in [4.78, 5) is 2.47. The van der Waals surface area contributed by atoms with E-state index in [1.807, 2.05) is 0 Å². The van der Waals surface area contributed by atoms with Crippen LogP contribution in [0.1, 0.15) is 34.7 Å². The van der Waals surface area contributed by atoms with Crippen LogP contribution in [0.2, 0.25) is 0 Å². The van der Waals surface area contributed by atoms with Gasteiger partial charge in [0.2, 0.25) is 0 Å². The van der Waals surface area contributed by atoms with E-state index in [-0.39, 0.29) is 6.04 Å². The number of rotatable bonds is 4. The van der Waals surface area contributed by atoms with Gasteiger partial charge in [0.05, 0.1) is 0 Å². The van der Waals surface area contributed by atoms with E-state index in [0.717, 1.165) is 25.9 Å². The molecule has 21 heavy (non-hydrogen) atoms. The molecule has 2 nitrogen and oxygen atoms in total. The molecule has 0 amide bonds. The van der Waals surface area contributed by atoms with Crippen molar-refractivity contribution in [1.82, 2.24) is 0 Å². The van der Waals surface area contributed by atoms with Crippen molar-refractivity contribution in [3.8, 4) is 0 Å². The molecule has 2 N–H and O–H groups in total. The first-order valence-electron chi connectivity index (χ1n) is 7.80. The Morgan fingerprint density at radius 1 is 1.10 bits per heavy atom. The standard InChI is InChI=1S/C19H24N2/c1-14-11-15(2)13-17(12-14)18(20)8-10-21-9-7-16-5-3-4-6-19(16)21/h3-6,11-13,18H,7-10,20H2,1-2H3. The third-order valence-corrected chi connectivity index (χ3v) is 4.37. The highest BCUT2D eigenvalue weighted by molar-refractivity contribution is 5.57. The van der Waals surface area contributed by atoms with Crippen molar-refractivity contribution in [2.24, 2.45) is 5.73 Å². The summed E-state index contributed by atoms with van der Waals surface area (Å²) in [5, 5.41) is 0. The number of para-hydroxylation sites is 1. The summed E-state index contributed by atoms with van der Waals surface area (Å²) in [7, 11) is 0. The lowest BCUT2D eigenvalue weighted by molar-refractivity contribution is 0.634. The van der Waals surface area contributed by atoms with Gasteiger partial charge in [-0.05, 0) is 43.9 Å². The van der Waals surface area contributed by atoms with E-state index in [1.165, 1.54) is 27.9 Å². The zero-order valence-electron chi connectivity index (χ0n) is 13.0. The molecule has 110 valence electrons. The summed E-state index contributed by atoms with van der Waals surface area (Å²) in [5.41, 5.74) is 13.1. The molecule has 0 radical (unpaired) electrons. The van der Waals surface area contributed by atoms with Gasteiger partial charge < -0.3 is 10.6 Å². The fourth-order valence-corrected chi connectivity index (χ4v) is 3.32. The Kier molecular flexibility index (Phi) is 3.98. The normalized spacial score (nSPS) is 15.1. The van der Waals surface area contributed by atoms with Gasteiger partial charge in [-0.2, -0.15) is 0 Å². The summed E-state index contributed by atoms with van der Waals surface area (Å²) in [6, 6.07) is 15.5. The number of fused-ring (bicyclic) bond motifs is 1. The summed E-state index contributed by atoms with van der Waals surface area (Å²) < 4.78 is 0. The zero-order valence-corrected chi connectivity index (χ0v) is 13.0. The van der Waals surface area contributed by atoms with Gasteiger partial charge in [0.15, 0.2) is 0 Å². The van der Waals surface area contributed by atoms with Crippen LogP contribution in [-0.4, -0.2) is 13.1 Å². The second-order valence-electron chi connectivity index (χ2n) is 6.18. The fraction of sp³-hybridized carbons (Fsp3) is 0.368. The van der Waals surface area contributed by atoms with E-state index >= 15 is 0 Å². The maximum Gasteiger partial charge on any atom is 0.0399 e. The van der Waals surface area contributed by atoms with Crippen molar-refractivity contribution < 1.29 is 0 Å². The maximum absolute atomic E-state index is 6.40. The Balaban J connectivity index is 1.65. The second-order valence-corrected chi connectivity index (χ2v) is 6.18. The molecule has 0 fully saturated rings. The van der Waals surface area contributed by atoms with Crippen LogP contribution in [0.15, 0.2) is 42.5 Å². The van der Waals surface area contributed by atoms with Gasteiger partial charge in [-0.1, -0.05) is 47.5 Å².